The van der Waals surface area contributed by atoms with E-state index in [4.69, 9.17) is 0 Å². The Balaban J connectivity index is 1.06. The van der Waals surface area contributed by atoms with E-state index in [2.05, 4.69) is 219 Å². The first-order chi connectivity index (χ1) is 27.5. The van der Waals surface area contributed by atoms with Crippen LogP contribution in [0.15, 0.2) is 200 Å². The smallest absolute Gasteiger partial charge is 0.0540 e. The van der Waals surface area contributed by atoms with Crippen molar-refractivity contribution in [1.29, 1.82) is 0 Å². The quantitative estimate of drug-likeness (QED) is 0.161. The van der Waals surface area contributed by atoms with Crippen molar-refractivity contribution in [2.24, 2.45) is 0 Å². The minimum atomic E-state index is -0.191. The highest BCUT2D eigenvalue weighted by Crippen LogP contribution is 2.52. The Morgan fingerprint density at radius 1 is 0.321 bits per heavy atom. The van der Waals surface area contributed by atoms with E-state index in [9.17, 15) is 0 Å². The Morgan fingerprint density at radius 2 is 0.786 bits per heavy atom. The largest absolute Gasteiger partial charge is 0.310 e. The van der Waals surface area contributed by atoms with E-state index in [1.807, 2.05) is 0 Å². The summed E-state index contributed by atoms with van der Waals surface area (Å²) in [6, 6.07) is 73.9. The molecule has 1 heteroatoms. The second-order valence-electron chi connectivity index (χ2n) is 15.7. The van der Waals surface area contributed by atoms with Crippen LogP contribution in [-0.4, -0.2) is 0 Å². The van der Waals surface area contributed by atoms with Crippen molar-refractivity contribution in [3.63, 3.8) is 0 Å². The third-order valence-electron chi connectivity index (χ3n) is 12.2. The Labute approximate surface area is 327 Å². The van der Waals surface area contributed by atoms with E-state index in [1.165, 1.54) is 93.3 Å². The average molecular weight is 714 g/mol. The summed E-state index contributed by atoms with van der Waals surface area (Å²) in [5.41, 5.74) is 13.6. The number of benzene rings is 10. The summed E-state index contributed by atoms with van der Waals surface area (Å²) in [5.74, 6) is 0. The van der Waals surface area contributed by atoms with Crippen LogP contribution in [0.2, 0.25) is 0 Å². The van der Waals surface area contributed by atoms with Gasteiger partial charge < -0.3 is 4.90 Å². The number of anilines is 3. The lowest BCUT2D eigenvalue weighted by Crippen LogP contribution is -2.17. The van der Waals surface area contributed by atoms with Crippen LogP contribution < -0.4 is 4.90 Å². The van der Waals surface area contributed by atoms with Crippen molar-refractivity contribution in [3.8, 4) is 33.4 Å². The maximum Gasteiger partial charge on any atom is 0.0540 e. The Bertz CT molecular complexity index is 3110. The number of nitrogens with zero attached hydrogens (tertiary/aromatic N) is 1. The second-order valence-corrected chi connectivity index (χ2v) is 15.7. The van der Waals surface area contributed by atoms with Gasteiger partial charge >= 0.3 is 0 Å². The predicted octanol–water partition coefficient (Wildman–Crippen LogP) is 15.4. The summed E-state index contributed by atoms with van der Waals surface area (Å²) in [6.07, 6.45) is 0. The molecule has 11 rings (SSSR count). The van der Waals surface area contributed by atoms with E-state index >= 15 is 0 Å². The highest BCUT2D eigenvalue weighted by molar-refractivity contribution is 6.26. The van der Waals surface area contributed by atoms with Gasteiger partial charge in [0.05, 0.1) is 5.69 Å². The summed E-state index contributed by atoms with van der Waals surface area (Å²) >= 11 is 0. The molecule has 10 aromatic carbocycles. The SMILES string of the molecule is CC1(C)c2cc(-c3ccc(-c4ccccc4)cc3)ccc2-c2ccc(N(c3ccc4c5ccccc5c5ccccc5c4c3)c3cccc4ccccc34)cc21. The highest BCUT2D eigenvalue weighted by atomic mass is 15.1. The molecule has 1 nitrogen and oxygen atoms in total. The molecule has 0 aliphatic heterocycles. The molecule has 0 aromatic heterocycles. The lowest BCUT2D eigenvalue weighted by Gasteiger charge is -2.29. The van der Waals surface area contributed by atoms with E-state index < -0.39 is 0 Å². The molecule has 1 aliphatic carbocycles. The van der Waals surface area contributed by atoms with Crippen LogP contribution in [0.3, 0.4) is 0 Å². The first-order valence-electron chi connectivity index (χ1n) is 19.6. The standard InChI is InChI=1S/C55H39N/c1-55(2)52-33-40(38-25-23-37(24-26-38)36-13-4-3-5-14-36)27-30-49(52)50-32-29-42(35-53(50)55)56(54-22-12-16-39-15-6-7-17-43(39)54)41-28-31-48-46-20-9-8-18-44(46)45-19-10-11-21-47(45)51(48)34-41/h3-35H,1-2H3. The molecular weight excluding hydrogens is 675 g/mol. The van der Waals surface area contributed by atoms with Gasteiger partial charge in [-0.1, -0.05) is 178 Å². The van der Waals surface area contributed by atoms with Crippen LogP contribution in [0.4, 0.5) is 17.1 Å². The van der Waals surface area contributed by atoms with Crippen molar-refractivity contribution >= 4 is 60.2 Å². The van der Waals surface area contributed by atoms with Crippen molar-refractivity contribution in [3.05, 3.63) is 211 Å². The Kier molecular flexibility index (Phi) is 7.28. The van der Waals surface area contributed by atoms with Crippen molar-refractivity contribution in [2.75, 3.05) is 4.90 Å². The van der Waals surface area contributed by atoms with Gasteiger partial charge in [-0.2, -0.15) is 0 Å². The van der Waals surface area contributed by atoms with Gasteiger partial charge in [0.25, 0.3) is 0 Å². The van der Waals surface area contributed by atoms with Crippen LogP contribution in [0.25, 0.3) is 76.5 Å². The van der Waals surface area contributed by atoms with E-state index in [-0.39, 0.29) is 5.41 Å². The molecule has 0 amide bonds. The number of hydrogen-bond donors (Lipinski definition) is 0. The van der Waals surface area contributed by atoms with Gasteiger partial charge in [0.1, 0.15) is 0 Å². The Hall–Kier alpha value is -6.96. The lowest BCUT2D eigenvalue weighted by atomic mass is 9.81. The van der Waals surface area contributed by atoms with Gasteiger partial charge in [-0.05, 0) is 119 Å². The van der Waals surface area contributed by atoms with Crippen LogP contribution in [-0.2, 0) is 5.41 Å². The van der Waals surface area contributed by atoms with E-state index in [0.717, 1.165) is 11.4 Å². The summed E-state index contributed by atoms with van der Waals surface area (Å²) in [6.45, 7) is 4.78. The molecule has 0 bridgehead atoms. The summed E-state index contributed by atoms with van der Waals surface area (Å²) < 4.78 is 0. The van der Waals surface area contributed by atoms with Crippen molar-refractivity contribution in [1.82, 2.24) is 0 Å². The van der Waals surface area contributed by atoms with Crippen molar-refractivity contribution in [2.45, 2.75) is 19.3 Å². The molecule has 0 radical (unpaired) electrons. The molecule has 0 spiro atoms. The zero-order chi connectivity index (χ0) is 37.4. The molecule has 10 aromatic rings. The van der Waals surface area contributed by atoms with Gasteiger partial charge in [-0.15, -0.1) is 0 Å². The van der Waals surface area contributed by atoms with E-state index in [0.29, 0.717) is 0 Å². The molecule has 264 valence electrons. The van der Waals surface area contributed by atoms with Gasteiger partial charge in [-0.25, -0.2) is 0 Å². The van der Waals surface area contributed by atoms with Crippen LogP contribution in [0.5, 0.6) is 0 Å². The zero-order valence-electron chi connectivity index (χ0n) is 31.5. The highest BCUT2D eigenvalue weighted by Gasteiger charge is 2.36. The fourth-order valence-electron chi connectivity index (χ4n) is 9.40. The molecule has 0 unspecified atom stereocenters. The summed E-state index contributed by atoms with van der Waals surface area (Å²) in [7, 11) is 0. The lowest BCUT2D eigenvalue weighted by molar-refractivity contribution is 0.660. The molecule has 0 heterocycles. The molecule has 0 fully saturated rings. The van der Waals surface area contributed by atoms with Gasteiger partial charge in [0.15, 0.2) is 0 Å². The predicted molar refractivity (Wildman–Crippen MR) is 240 cm³/mol. The third-order valence-corrected chi connectivity index (χ3v) is 12.2. The molecular formula is C55H39N. The molecule has 56 heavy (non-hydrogen) atoms. The number of fused-ring (bicyclic) bond motifs is 10. The summed E-state index contributed by atoms with van der Waals surface area (Å²) in [4.78, 5) is 2.48. The molecule has 0 atom stereocenters. The maximum atomic E-state index is 2.48. The monoisotopic (exact) mass is 713 g/mol. The first-order valence-corrected chi connectivity index (χ1v) is 19.6. The van der Waals surface area contributed by atoms with Gasteiger partial charge in [0, 0.05) is 22.2 Å². The minimum absolute atomic E-state index is 0.191. The maximum absolute atomic E-state index is 2.48. The van der Waals surface area contributed by atoms with Crippen LogP contribution in [0, 0.1) is 0 Å². The molecule has 1 aliphatic rings. The van der Waals surface area contributed by atoms with Gasteiger partial charge in [-0.3, -0.25) is 0 Å². The number of hydrogen-bond acceptors (Lipinski definition) is 1. The Morgan fingerprint density at radius 3 is 1.48 bits per heavy atom. The molecule has 0 saturated heterocycles. The summed E-state index contributed by atoms with van der Waals surface area (Å²) in [5, 5.41) is 10.1. The topological polar surface area (TPSA) is 3.24 Å². The molecule has 0 saturated carbocycles. The zero-order valence-corrected chi connectivity index (χ0v) is 31.5. The fraction of sp³-hybridized carbons (Fsp3) is 0.0545. The minimum Gasteiger partial charge on any atom is -0.310 e. The van der Waals surface area contributed by atoms with E-state index in [1.54, 1.807) is 0 Å². The first kappa shape index (κ1) is 32.5. The second kappa shape index (κ2) is 12.5. The fourth-order valence-corrected chi connectivity index (χ4v) is 9.40. The number of rotatable bonds is 5. The van der Waals surface area contributed by atoms with Crippen LogP contribution >= 0.6 is 0 Å². The third kappa shape index (κ3) is 5.01. The molecule has 0 N–H and O–H groups in total. The average Bonchev–Trinajstić information content (AvgIpc) is 3.49. The van der Waals surface area contributed by atoms with Crippen molar-refractivity contribution < 1.29 is 0 Å². The van der Waals surface area contributed by atoms with Crippen LogP contribution in [0.1, 0.15) is 25.0 Å². The normalized spacial score (nSPS) is 13.0. The van der Waals surface area contributed by atoms with Gasteiger partial charge in [0.2, 0.25) is 0 Å².